The minimum Gasteiger partial charge on any atom is -0.377 e. The maximum Gasteiger partial charge on any atom is 0.0599 e. The smallest absolute Gasteiger partial charge is 0.0599 e. The van der Waals surface area contributed by atoms with Gasteiger partial charge in [-0.2, -0.15) is 11.8 Å². The van der Waals surface area contributed by atoms with Gasteiger partial charge in [-0.15, -0.1) is 0 Å². The summed E-state index contributed by atoms with van der Waals surface area (Å²) < 4.78 is 5.73. The molecule has 0 aromatic rings. The largest absolute Gasteiger partial charge is 0.377 e. The summed E-state index contributed by atoms with van der Waals surface area (Å²) in [5, 5.41) is 0.959. The second-order valence-electron chi connectivity index (χ2n) is 3.95. The zero-order chi connectivity index (χ0) is 10.9. The first-order chi connectivity index (χ1) is 7.36. The lowest BCUT2D eigenvalue weighted by Gasteiger charge is -2.31. The highest BCUT2D eigenvalue weighted by molar-refractivity contribution is 9.09. The molecular formula is C11H22BrNOS. The third-order valence-electron chi connectivity index (χ3n) is 2.79. The summed E-state index contributed by atoms with van der Waals surface area (Å²) in [6.45, 7) is 4.58. The Balaban J connectivity index is 2.02. The second kappa shape index (κ2) is 8.85. The third kappa shape index (κ3) is 6.15. The molecule has 0 atom stereocenters. The van der Waals surface area contributed by atoms with Crippen molar-refractivity contribution in [1.82, 2.24) is 4.90 Å². The molecule has 0 saturated carbocycles. The van der Waals surface area contributed by atoms with Gasteiger partial charge < -0.3 is 9.64 Å². The van der Waals surface area contributed by atoms with Gasteiger partial charge in [-0.25, -0.2) is 0 Å². The number of piperidine rings is 1. The second-order valence-corrected chi connectivity index (χ2v) is 5.73. The van der Waals surface area contributed by atoms with Crippen molar-refractivity contribution in [2.75, 3.05) is 43.6 Å². The number of hydrogen-bond donors (Lipinski definition) is 0. The van der Waals surface area contributed by atoms with Crippen LogP contribution in [-0.2, 0) is 4.74 Å². The van der Waals surface area contributed by atoms with E-state index >= 15 is 0 Å². The SMILES string of the molecule is CSCCCN1CCC(OCCBr)CC1. The molecule has 0 N–H and O–H groups in total. The summed E-state index contributed by atoms with van der Waals surface area (Å²) in [7, 11) is 0. The van der Waals surface area contributed by atoms with Crippen LogP contribution in [0.15, 0.2) is 0 Å². The molecule has 2 nitrogen and oxygen atoms in total. The van der Waals surface area contributed by atoms with Crippen molar-refractivity contribution in [3.63, 3.8) is 0 Å². The van der Waals surface area contributed by atoms with E-state index in [0.29, 0.717) is 6.10 Å². The van der Waals surface area contributed by atoms with E-state index in [1.807, 2.05) is 11.8 Å². The summed E-state index contributed by atoms with van der Waals surface area (Å²) in [5.74, 6) is 1.29. The first-order valence-electron chi connectivity index (χ1n) is 5.75. The summed E-state index contributed by atoms with van der Waals surface area (Å²) in [5.41, 5.74) is 0. The van der Waals surface area contributed by atoms with E-state index < -0.39 is 0 Å². The zero-order valence-electron chi connectivity index (χ0n) is 9.58. The number of halogens is 1. The molecule has 1 rings (SSSR count). The van der Waals surface area contributed by atoms with Gasteiger partial charge in [-0.3, -0.25) is 0 Å². The van der Waals surface area contributed by atoms with Crippen LogP contribution in [0.5, 0.6) is 0 Å². The van der Waals surface area contributed by atoms with E-state index in [1.165, 1.54) is 44.6 Å². The Hall–Kier alpha value is 0.750. The van der Waals surface area contributed by atoms with Crippen molar-refractivity contribution in [1.29, 1.82) is 0 Å². The summed E-state index contributed by atoms with van der Waals surface area (Å²) >= 11 is 5.34. The Morgan fingerprint density at radius 2 is 2.13 bits per heavy atom. The number of hydrogen-bond acceptors (Lipinski definition) is 3. The predicted molar refractivity (Wildman–Crippen MR) is 72.2 cm³/mol. The normalized spacial score (nSPS) is 19.6. The van der Waals surface area contributed by atoms with E-state index in [9.17, 15) is 0 Å². The van der Waals surface area contributed by atoms with Gasteiger partial charge in [0.1, 0.15) is 0 Å². The molecule has 0 aromatic carbocycles. The van der Waals surface area contributed by atoms with E-state index in [4.69, 9.17) is 4.74 Å². The summed E-state index contributed by atoms with van der Waals surface area (Å²) in [6, 6.07) is 0. The zero-order valence-corrected chi connectivity index (χ0v) is 12.0. The predicted octanol–water partition coefficient (Wildman–Crippen LogP) is 2.62. The molecule has 1 aliphatic rings. The average molecular weight is 296 g/mol. The quantitative estimate of drug-likeness (QED) is 0.529. The van der Waals surface area contributed by atoms with Crippen LogP contribution in [-0.4, -0.2) is 54.6 Å². The molecule has 1 aliphatic heterocycles. The fourth-order valence-electron chi connectivity index (χ4n) is 1.94. The monoisotopic (exact) mass is 295 g/mol. The molecule has 4 heteroatoms. The van der Waals surface area contributed by atoms with Gasteiger partial charge in [-0.1, -0.05) is 15.9 Å². The molecule has 0 amide bonds. The van der Waals surface area contributed by atoms with Crippen molar-refractivity contribution in [2.24, 2.45) is 0 Å². The van der Waals surface area contributed by atoms with Gasteiger partial charge in [0.05, 0.1) is 12.7 Å². The lowest BCUT2D eigenvalue weighted by Crippen LogP contribution is -2.37. The molecule has 0 spiro atoms. The molecule has 0 aliphatic carbocycles. The molecule has 0 bridgehead atoms. The molecule has 90 valence electrons. The van der Waals surface area contributed by atoms with Crippen molar-refractivity contribution in [3.8, 4) is 0 Å². The molecular weight excluding hydrogens is 274 g/mol. The molecule has 15 heavy (non-hydrogen) atoms. The number of ether oxygens (including phenoxy) is 1. The Kier molecular flexibility index (Phi) is 8.15. The third-order valence-corrected chi connectivity index (χ3v) is 3.81. The Morgan fingerprint density at radius 3 is 2.73 bits per heavy atom. The number of likely N-dealkylation sites (tertiary alicyclic amines) is 1. The fourth-order valence-corrected chi connectivity index (χ4v) is 2.55. The molecule has 1 fully saturated rings. The molecule has 0 aromatic heterocycles. The average Bonchev–Trinajstić information content (AvgIpc) is 2.28. The maximum absolute atomic E-state index is 5.73. The first kappa shape index (κ1) is 13.8. The Morgan fingerprint density at radius 1 is 1.40 bits per heavy atom. The van der Waals surface area contributed by atoms with Gasteiger partial charge in [-0.05, 0) is 37.8 Å². The van der Waals surface area contributed by atoms with E-state index in [1.54, 1.807) is 0 Å². The van der Waals surface area contributed by atoms with Crippen LogP contribution < -0.4 is 0 Å². The minimum atomic E-state index is 0.513. The topological polar surface area (TPSA) is 12.5 Å². The van der Waals surface area contributed by atoms with Gasteiger partial charge >= 0.3 is 0 Å². The van der Waals surface area contributed by atoms with Crippen LogP contribution in [0.4, 0.5) is 0 Å². The van der Waals surface area contributed by atoms with Crippen LogP contribution in [0, 0.1) is 0 Å². The number of alkyl halides is 1. The number of nitrogens with zero attached hydrogens (tertiary/aromatic N) is 1. The van der Waals surface area contributed by atoms with Gasteiger partial charge in [0.2, 0.25) is 0 Å². The number of thioether (sulfide) groups is 1. The molecule has 0 unspecified atom stereocenters. The van der Waals surface area contributed by atoms with Crippen LogP contribution in [0.1, 0.15) is 19.3 Å². The molecule has 1 saturated heterocycles. The molecule has 0 radical (unpaired) electrons. The van der Waals surface area contributed by atoms with Crippen molar-refractivity contribution in [2.45, 2.75) is 25.4 Å². The van der Waals surface area contributed by atoms with Crippen LogP contribution >= 0.6 is 27.7 Å². The van der Waals surface area contributed by atoms with E-state index in [0.717, 1.165) is 11.9 Å². The van der Waals surface area contributed by atoms with Crippen LogP contribution in [0.25, 0.3) is 0 Å². The first-order valence-corrected chi connectivity index (χ1v) is 8.27. The molecule has 1 heterocycles. The Bertz CT molecular complexity index is 152. The standard InChI is InChI=1S/C11H22BrNOS/c1-15-10-2-6-13-7-3-11(4-8-13)14-9-5-12/h11H,2-10H2,1H3. The highest BCUT2D eigenvalue weighted by Gasteiger charge is 2.18. The van der Waals surface area contributed by atoms with Crippen LogP contribution in [0.3, 0.4) is 0 Å². The van der Waals surface area contributed by atoms with Gasteiger partial charge in [0.15, 0.2) is 0 Å². The van der Waals surface area contributed by atoms with Crippen molar-refractivity contribution in [3.05, 3.63) is 0 Å². The summed E-state index contributed by atoms with van der Waals surface area (Å²) in [6.07, 6.45) is 6.45. The van der Waals surface area contributed by atoms with E-state index in [2.05, 4.69) is 27.1 Å². The summed E-state index contributed by atoms with van der Waals surface area (Å²) in [4.78, 5) is 2.57. The fraction of sp³-hybridized carbons (Fsp3) is 1.00. The van der Waals surface area contributed by atoms with Crippen molar-refractivity contribution >= 4 is 27.7 Å². The van der Waals surface area contributed by atoms with Gasteiger partial charge in [0.25, 0.3) is 0 Å². The highest BCUT2D eigenvalue weighted by atomic mass is 79.9. The lowest BCUT2D eigenvalue weighted by atomic mass is 10.1. The van der Waals surface area contributed by atoms with E-state index in [-0.39, 0.29) is 0 Å². The van der Waals surface area contributed by atoms with Gasteiger partial charge in [0, 0.05) is 18.4 Å². The Labute approximate surface area is 106 Å². The van der Waals surface area contributed by atoms with Crippen molar-refractivity contribution < 1.29 is 4.74 Å². The minimum absolute atomic E-state index is 0.513. The highest BCUT2D eigenvalue weighted by Crippen LogP contribution is 2.14. The number of rotatable bonds is 7. The lowest BCUT2D eigenvalue weighted by molar-refractivity contribution is 0.0161. The van der Waals surface area contributed by atoms with Crippen LogP contribution in [0.2, 0.25) is 0 Å². The maximum atomic E-state index is 5.73.